The van der Waals surface area contributed by atoms with Gasteiger partial charge in [-0.2, -0.15) is 8.78 Å². The molecule has 2 unspecified atom stereocenters. The van der Waals surface area contributed by atoms with E-state index in [1.165, 1.54) is 53.7 Å². The third-order valence-electron chi connectivity index (χ3n) is 6.70. The first-order chi connectivity index (χ1) is 21.2. The molecule has 258 valence electrons. The molecular weight excluding hydrogens is 612 g/mol. The number of carbonyl (C=O) groups excluding carboxylic acids is 6. The van der Waals surface area contributed by atoms with Crippen LogP contribution in [-0.2, 0) is 35.1 Å². The first kappa shape index (κ1) is 40.0. The molecule has 0 aliphatic heterocycles. The number of rotatable bonds is 15. The largest absolute Gasteiger partial charge is 0.443 e. The van der Waals surface area contributed by atoms with Crippen molar-refractivity contribution in [3.05, 3.63) is 35.9 Å². The number of aliphatic hydroxyl groups is 2. The van der Waals surface area contributed by atoms with Crippen LogP contribution in [0.15, 0.2) is 30.3 Å². The highest BCUT2D eigenvalue weighted by molar-refractivity contribution is 6.01. The number of aldehydes is 1. The number of halogens is 2. The van der Waals surface area contributed by atoms with E-state index in [1.54, 1.807) is 18.2 Å². The van der Waals surface area contributed by atoms with E-state index in [-0.39, 0.29) is 6.29 Å². The summed E-state index contributed by atoms with van der Waals surface area (Å²) in [5.74, 6) is -10.3. The highest BCUT2D eigenvalue weighted by atomic mass is 19.3. The Bertz CT molecular complexity index is 1230. The minimum absolute atomic E-state index is 0.277. The number of carbonyl (C=O) groups is 6. The molecule has 6 atom stereocenters. The molecule has 0 aliphatic carbocycles. The van der Waals surface area contributed by atoms with Crippen LogP contribution >= 0.6 is 0 Å². The van der Waals surface area contributed by atoms with Crippen LogP contribution in [0.5, 0.6) is 0 Å². The minimum atomic E-state index is -4.52. The first-order valence-electron chi connectivity index (χ1n) is 14.6. The Hall–Kier alpha value is -4.02. The Morgan fingerprint density at radius 3 is 2.02 bits per heavy atom. The van der Waals surface area contributed by atoms with Gasteiger partial charge in [0.15, 0.2) is 0 Å². The summed E-state index contributed by atoms with van der Waals surface area (Å²) in [7, 11) is 0. The van der Waals surface area contributed by atoms with Gasteiger partial charge in [0, 0.05) is 0 Å². The lowest BCUT2D eigenvalue weighted by Gasteiger charge is -2.34. The zero-order valence-corrected chi connectivity index (χ0v) is 27.0. The van der Waals surface area contributed by atoms with Crippen molar-refractivity contribution >= 4 is 36.0 Å². The van der Waals surface area contributed by atoms with E-state index in [4.69, 9.17) is 15.6 Å². The summed E-state index contributed by atoms with van der Waals surface area (Å²) in [6.45, 7) is 8.99. The van der Waals surface area contributed by atoms with Crippen molar-refractivity contribution in [2.24, 2.45) is 11.7 Å². The predicted octanol–water partition coefficient (Wildman–Crippen LogP) is 0.0263. The lowest BCUT2D eigenvalue weighted by molar-refractivity contribution is -0.169. The number of alkyl halides is 2. The fourth-order valence-corrected chi connectivity index (χ4v) is 3.95. The molecule has 0 fully saturated rings. The van der Waals surface area contributed by atoms with Crippen LogP contribution in [0.2, 0.25) is 0 Å². The maximum Gasteiger partial charge on any atom is 0.417 e. The molecule has 14 nitrogen and oxygen atoms in total. The molecule has 0 bridgehead atoms. The van der Waals surface area contributed by atoms with Crippen LogP contribution in [-0.4, -0.2) is 106 Å². The number of nitrogens with one attached hydrogen (secondary N) is 3. The maximum absolute atomic E-state index is 15.4. The van der Waals surface area contributed by atoms with Crippen LogP contribution in [0.1, 0.15) is 54.0 Å². The van der Waals surface area contributed by atoms with Gasteiger partial charge in [0.05, 0.1) is 18.7 Å². The van der Waals surface area contributed by atoms with Crippen molar-refractivity contribution < 1.29 is 52.5 Å². The fraction of sp³-hybridized carbons (Fsp3) is 0.600. The van der Waals surface area contributed by atoms with Crippen LogP contribution in [0.3, 0.4) is 0 Å². The number of hydrogen-bond acceptors (Lipinski definition) is 10. The third-order valence-corrected chi connectivity index (χ3v) is 6.70. The molecule has 1 rings (SSSR count). The Kier molecular flexibility index (Phi) is 14.8. The summed E-state index contributed by atoms with van der Waals surface area (Å²) in [5.41, 5.74) is 4.69. The van der Waals surface area contributed by atoms with E-state index in [9.17, 15) is 33.9 Å². The quantitative estimate of drug-likeness (QED) is 0.139. The Labute approximate surface area is 266 Å². The lowest BCUT2D eigenvalue weighted by Crippen LogP contribution is -2.63. The predicted molar refractivity (Wildman–Crippen MR) is 161 cm³/mol. The SMILES string of the molecule is CC(C)[C@@H](C=O)NC(=O)C(F)(F)C(O)C(Cc1ccccc1)NC(=O)[C@H](C)N(C(=O)OC(C)(C)C)C(=O)[C@H](C)NC(=O)[C@@H](N)CO. The molecule has 16 heteroatoms. The van der Waals surface area contributed by atoms with E-state index >= 15 is 8.78 Å². The Balaban J connectivity index is 3.46. The summed E-state index contributed by atoms with van der Waals surface area (Å²) in [5, 5.41) is 26.3. The average molecular weight is 658 g/mol. The van der Waals surface area contributed by atoms with Crippen molar-refractivity contribution in [2.75, 3.05) is 6.61 Å². The molecule has 0 aliphatic rings. The summed E-state index contributed by atoms with van der Waals surface area (Å²) in [4.78, 5) is 76.4. The number of nitrogens with two attached hydrogens (primary N) is 1. The highest BCUT2D eigenvalue weighted by Gasteiger charge is 2.51. The molecule has 1 aromatic carbocycles. The second-order valence-electron chi connectivity index (χ2n) is 12.1. The normalized spacial score (nSPS) is 15.8. The molecule has 1 aromatic rings. The van der Waals surface area contributed by atoms with Gasteiger partial charge in [-0.15, -0.1) is 0 Å². The number of ether oxygens (including phenoxy) is 1. The van der Waals surface area contributed by atoms with Crippen LogP contribution < -0.4 is 21.7 Å². The molecule has 7 N–H and O–H groups in total. The monoisotopic (exact) mass is 657 g/mol. The molecule has 5 amide bonds. The molecule has 0 saturated heterocycles. The number of benzene rings is 1. The van der Waals surface area contributed by atoms with Gasteiger partial charge in [-0.05, 0) is 52.5 Å². The number of hydrogen-bond donors (Lipinski definition) is 6. The number of nitrogens with zero attached hydrogens (tertiary/aromatic N) is 1. The molecule has 0 saturated carbocycles. The Morgan fingerprint density at radius 1 is 0.978 bits per heavy atom. The highest BCUT2D eigenvalue weighted by Crippen LogP contribution is 2.25. The lowest BCUT2D eigenvalue weighted by atomic mass is 9.95. The zero-order chi connectivity index (χ0) is 35.6. The van der Waals surface area contributed by atoms with Gasteiger partial charge in [-0.25, -0.2) is 9.69 Å². The van der Waals surface area contributed by atoms with E-state index in [0.717, 1.165) is 6.92 Å². The van der Waals surface area contributed by atoms with E-state index < -0.39 is 96.5 Å². The topological polar surface area (TPSA) is 217 Å². The Morgan fingerprint density at radius 2 is 1.54 bits per heavy atom. The number of imide groups is 1. The average Bonchev–Trinajstić information content (AvgIpc) is 2.97. The van der Waals surface area contributed by atoms with E-state index in [1.807, 2.05) is 5.32 Å². The molecule has 0 spiro atoms. The summed E-state index contributed by atoms with van der Waals surface area (Å²) in [6.07, 6.45) is -4.30. The molecular formula is C30H45F2N5O9. The van der Waals surface area contributed by atoms with Gasteiger partial charge in [0.2, 0.25) is 11.8 Å². The summed E-state index contributed by atoms with van der Waals surface area (Å²) >= 11 is 0. The van der Waals surface area contributed by atoms with Crippen LogP contribution in [0.25, 0.3) is 0 Å². The van der Waals surface area contributed by atoms with Crippen molar-refractivity contribution in [3.63, 3.8) is 0 Å². The van der Waals surface area contributed by atoms with E-state index in [0.29, 0.717) is 10.5 Å². The zero-order valence-electron chi connectivity index (χ0n) is 27.0. The number of amides is 5. The van der Waals surface area contributed by atoms with Gasteiger partial charge in [0.25, 0.3) is 11.8 Å². The number of aliphatic hydroxyl groups excluding tert-OH is 2. The smallest absolute Gasteiger partial charge is 0.417 e. The third kappa shape index (κ3) is 11.4. The second kappa shape index (κ2) is 17.1. The molecule has 0 aromatic heterocycles. The van der Waals surface area contributed by atoms with Crippen LogP contribution in [0, 0.1) is 5.92 Å². The fourth-order valence-electron chi connectivity index (χ4n) is 3.95. The minimum Gasteiger partial charge on any atom is -0.443 e. The van der Waals surface area contributed by atoms with Crippen LogP contribution in [0.4, 0.5) is 13.6 Å². The van der Waals surface area contributed by atoms with Gasteiger partial charge in [0.1, 0.15) is 36.1 Å². The van der Waals surface area contributed by atoms with Gasteiger partial charge < -0.3 is 41.4 Å². The first-order valence-corrected chi connectivity index (χ1v) is 14.6. The second-order valence-corrected chi connectivity index (χ2v) is 12.1. The van der Waals surface area contributed by atoms with Crippen molar-refractivity contribution in [2.45, 2.75) is 103 Å². The maximum atomic E-state index is 15.4. The molecule has 46 heavy (non-hydrogen) atoms. The molecule has 0 radical (unpaired) electrons. The van der Waals surface area contributed by atoms with Gasteiger partial charge in [-0.3, -0.25) is 19.2 Å². The standard InChI is InChI=1S/C30H45F2N5O9/c1-16(2)22(15-39)36-27(44)30(31,32)23(40)21(13-19-11-9-8-10-12-19)35-24(41)18(4)37(28(45)46-29(5,6)7)26(43)17(3)34-25(42)20(33)14-38/h8-12,15-18,20-23,38,40H,13-14,33H2,1-7H3,(H,34,42)(H,35,41)(H,36,44)/t17-,18-,20-,21?,22+,23?/m0/s1. The van der Waals surface area contributed by atoms with Crippen molar-refractivity contribution in [3.8, 4) is 0 Å². The molecule has 0 heterocycles. The summed E-state index contributed by atoms with van der Waals surface area (Å²) in [6, 6.07) is 0.0596. The van der Waals surface area contributed by atoms with Gasteiger partial charge >= 0.3 is 12.0 Å². The van der Waals surface area contributed by atoms with Crippen molar-refractivity contribution in [1.82, 2.24) is 20.9 Å². The summed E-state index contributed by atoms with van der Waals surface area (Å²) < 4.78 is 36.0. The van der Waals surface area contributed by atoms with Crippen molar-refractivity contribution in [1.29, 1.82) is 0 Å². The van der Waals surface area contributed by atoms with Gasteiger partial charge in [-0.1, -0.05) is 44.2 Å². The van der Waals surface area contributed by atoms with E-state index in [2.05, 4.69) is 10.6 Å².